The summed E-state index contributed by atoms with van der Waals surface area (Å²) in [5.41, 5.74) is 2.31. The molecule has 1 atom stereocenters. The van der Waals surface area contributed by atoms with E-state index in [1.807, 2.05) is 54.6 Å². The summed E-state index contributed by atoms with van der Waals surface area (Å²) in [6.07, 6.45) is 6.63. The van der Waals surface area contributed by atoms with E-state index in [2.05, 4.69) is 43.2 Å². The molecule has 1 aliphatic carbocycles. The van der Waals surface area contributed by atoms with Gasteiger partial charge in [0.15, 0.2) is 0 Å². The van der Waals surface area contributed by atoms with Crippen LogP contribution in [0.4, 0.5) is 0 Å². The quantitative estimate of drug-likeness (QED) is 0.192. The number of aromatic nitrogens is 1. The third kappa shape index (κ3) is 7.92. The molecule has 0 aliphatic heterocycles. The highest BCUT2D eigenvalue weighted by molar-refractivity contribution is 5.97. The van der Waals surface area contributed by atoms with Crippen LogP contribution in [0.2, 0.25) is 0 Å². The van der Waals surface area contributed by atoms with Crippen molar-refractivity contribution in [1.82, 2.24) is 10.3 Å². The van der Waals surface area contributed by atoms with E-state index < -0.39 is 12.0 Å². The molecule has 7 heteroatoms. The van der Waals surface area contributed by atoms with Gasteiger partial charge in [-0.05, 0) is 89.2 Å². The van der Waals surface area contributed by atoms with E-state index in [1.165, 1.54) is 38.4 Å². The van der Waals surface area contributed by atoms with E-state index >= 15 is 0 Å². The Labute approximate surface area is 253 Å². The van der Waals surface area contributed by atoms with Crippen LogP contribution >= 0.6 is 0 Å². The molecule has 43 heavy (non-hydrogen) atoms. The minimum atomic E-state index is -0.591. The van der Waals surface area contributed by atoms with Gasteiger partial charge in [0.05, 0.1) is 26.2 Å². The number of ether oxygens (including phenoxy) is 3. The Morgan fingerprint density at radius 3 is 2.23 bits per heavy atom. The van der Waals surface area contributed by atoms with Crippen molar-refractivity contribution in [2.45, 2.75) is 64.3 Å². The second-order valence-electron chi connectivity index (χ2n) is 12.3. The Morgan fingerprint density at radius 1 is 0.884 bits per heavy atom. The van der Waals surface area contributed by atoms with Gasteiger partial charge in [-0.3, -0.25) is 14.6 Å². The number of hydrogen-bond acceptors (Lipinski definition) is 6. The van der Waals surface area contributed by atoms with E-state index in [4.69, 9.17) is 14.2 Å². The Hall–Kier alpha value is -4.39. The molecule has 0 spiro atoms. The molecule has 0 bridgehead atoms. The van der Waals surface area contributed by atoms with E-state index in [1.54, 1.807) is 12.3 Å². The summed E-state index contributed by atoms with van der Waals surface area (Å²) >= 11 is 0. The normalized spacial score (nSPS) is 14.3. The zero-order valence-electron chi connectivity index (χ0n) is 25.4. The van der Waals surface area contributed by atoms with Gasteiger partial charge in [0.25, 0.3) is 5.91 Å². The van der Waals surface area contributed by atoms with Crippen molar-refractivity contribution >= 4 is 22.6 Å². The number of benzene rings is 3. The standard InChI is InChI=1S/C36H40N2O5/c1-36(2,3)28-12-17-30(18-13-28)43-31-16-11-26-22-37-33(20-27(26)19-31)35(40)38-32(21-34(39)41-4)25-9-14-29(15-10-25)42-23-24-7-5-6-8-24/h9-20,22,24,32H,5-8,21,23H2,1-4H3,(H,38,40). The molecule has 1 aromatic heterocycles. The molecule has 4 aromatic rings. The van der Waals surface area contributed by atoms with Crippen LogP contribution in [0.15, 0.2) is 79.0 Å². The highest BCUT2D eigenvalue weighted by atomic mass is 16.5. The number of carbonyl (C=O) groups excluding carboxylic acids is 2. The first-order valence-corrected chi connectivity index (χ1v) is 15.0. The molecule has 1 unspecified atom stereocenters. The molecule has 7 nitrogen and oxygen atoms in total. The van der Waals surface area contributed by atoms with Gasteiger partial charge in [0.1, 0.15) is 22.9 Å². The summed E-state index contributed by atoms with van der Waals surface area (Å²) in [6.45, 7) is 7.24. The number of methoxy groups -OCH3 is 1. The summed E-state index contributed by atoms with van der Waals surface area (Å²) in [5, 5.41) is 4.67. The lowest BCUT2D eigenvalue weighted by atomic mass is 9.87. The largest absolute Gasteiger partial charge is 0.493 e. The zero-order valence-corrected chi connectivity index (χ0v) is 25.4. The summed E-state index contributed by atoms with van der Waals surface area (Å²) in [6, 6.07) is 22.4. The van der Waals surface area contributed by atoms with Crippen LogP contribution < -0.4 is 14.8 Å². The maximum Gasteiger partial charge on any atom is 0.307 e. The lowest BCUT2D eigenvalue weighted by molar-refractivity contribution is -0.141. The van der Waals surface area contributed by atoms with Crippen molar-refractivity contribution in [3.05, 3.63) is 95.8 Å². The lowest BCUT2D eigenvalue weighted by Gasteiger charge is -2.19. The van der Waals surface area contributed by atoms with Crippen LogP contribution in [0.1, 0.15) is 80.5 Å². The topological polar surface area (TPSA) is 86.8 Å². The van der Waals surface area contributed by atoms with Crippen LogP contribution in [0.5, 0.6) is 17.2 Å². The second-order valence-corrected chi connectivity index (χ2v) is 12.3. The number of hydrogen-bond donors (Lipinski definition) is 1. The van der Waals surface area contributed by atoms with Crippen LogP contribution in [0.25, 0.3) is 10.8 Å². The molecule has 1 aliphatic rings. The fourth-order valence-electron chi connectivity index (χ4n) is 5.39. The highest BCUT2D eigenvalue weighted by Gasteiger charge is 2.21. The van der Waals surface area contributed by atoms with Crippen molar-refractivity contribution < 1.29 is 23.8 Å². The maximum atomic E-state index is 13.4. The Kier molecular flexibility index (Phi) is 9.29. The van der Waals surface area contributed by atoms with Crippen molar-refractivity contribution in [3.8, 4) is 17.2 Å². The van der Waals surface area contributed by atoms with Gasteiger partial charge in [-0.25, -0.2) is 0 Å². The predicted octanol–water partition coefficient (Wildman–Crippen LogP) is 7.93. The lowest BCUT2D eigenvalue weighted by Crippen LogP contribution is -2.31. The first-order valence-electron chi connectivity index (χ1n) is 15.0. The van der Waals surface area contributed by atoms with E-state index in [9.17, 15) is 9.59 Å². The Balaban J connectivity index is 1.29. The van der Waals surface area contributed by atoms with E-state index in [0.717, 1.165) is 27.8 Å². The molecule has 224 valence electrons. The van der Waals surface area contributed by atoms with Crippen LogP contribution in [0, 0.1) is 5.92 Å². The number of nitrogens with one attached hydrogen (secondary N) is 1. The zero-order chi connectivity index (χ0) is 30.4. The Bertz CT molecular complexity index is 1550. The number of carbonyl (C=O) groups is 2. The van der Waals surface area contributed by atoms with Crippen molar-refractivity contribution in [3.63, 3.8) is 0 Å². The smallest absolute Gasteiger partial charge is 0.307 e. The molecule has 3 aromatic carbocycles. The van der Waals surface area contributed by atoms with Gasteiger partial charge in [-0.1, -0.05) is 57.9 Å². The molecule has 1 saturated carbocycles. The van der Waals surface area contributed by atoms with Crippen molar-refractivity contribution in [1.29, 1.82) is 0 Å². The second kappa shape index (κ2) is 13.3. The van der Waals surface area contributed by atoms with Crippen molar-refractivity contribution in [2.75, 3.05) is 13.7 Å². The molecular formula is C36H40N2O5. The molecule has 5 rings (SSSR count). The summed E-state index contributed by atoms with van der Waals surface area (Å²) in [5.74, 6) is 1.98. The minimum Gasteiger partial charge on any atom is -0.493 e. The van der Waals surface area contributed by atoms with E-state index in [0.29, 0.717) is 18.3 Å². The average Bonchev–Trinajstić information content (AvgIpc) is 3.53. The molecule has 0 radical (unpaired) electrons. The third-order valence-corrected chi connectivity index (χ3v) is 8.03. The number of fused-ring (bicyclic) bond motifs is 1. The number of rotatable bonds is 10. The highest BCUT2D eigenvalue weighted by Crippen LogP contribution is 2.30. The summed E-state index contributed by atoms with van der Waals surface area (Å²) in [7, 11) is 1.34. The summed E-state index contributed by atoms with van der Waals surface area (Å²) < 4.78 is 17.0. The molecule has 1 amide bonds. The number of pyridine rings is 1. The van der Waals surface area contributed by atoms with Crippen molar-refractivity contribution in [2.24, 2.45) is 5.92 Å². The van der Waals surface area contributed by atoms with Gasteiger partial charge in [0.2, 0.25) is 0 Å². The molecule has 1 heterocycles. The van der Waals surface area contributed by atoms with Gasteiger partial charge >= 0.3 is 5.97 Å². The Morgan fingerprint density at radius 2 is 1.56 bits per heavy atom. The average molecular weight is 581 g/mol. The molecular weight excluding hydrogens is 540 g/mol. The van der Waals surface area contributed by atoms with E-state index in [-0.39, 0.29) is 23.4 Å². The molecule has 1 N–H and O–H groups in total. The van der Waals surface area contributed by atoms with Gasteiger partial charge in [-0.2, -0.15) is 0 Å². The monoisotopic (exact) mass is 580 g/mol. The van der Waals surface area contributed by atoms with Crippen LogP contribution in [-0.4, -0.2) is 30.6 Å². The van der Waals surface area contributed by atoms with Crippen LogP contribution in [0.3, 0.4) is 0 Å². The maximum absolute atomic E-state index is 13.4. The summed E-state index contributed by atoms with van der Waals surface area (Å²) in [4.78, 5) is 30.0. The fraction of sp³-hybridized carbons (Fsp3) is 0.361. The first-order chi connectivity index (χ1) is 20.7. The molecule has 0 saturated heterocycles. The van der Waals surface area contributed by atoms with Gasteiger partial charge < -0.3 is 19.5 Å². The van der Waals surface area contributed by atoms with Gasteiger partial charge in [0, 0.05) is 11.6 Å². The number of esters is 1. The minimum absolute atomic E-state index is 0.00983. The van der Waals surface area contributed by atoms with Gasteiger partial charge in [-0.15, -0.1) is 0 Å². The predicted molar refractivity (Wildman–Crippen MR) is 168 cm³/mol. The number of amides is 1. The molecule has 1 fully saturated rings. The SMILES string of the molecule is COC(=O)CC(NC(=O)c1cc2cc(Oc3ccc(C(C)(C)C)cc3)ccc2cn1)c1ccc(OCC2CCCC2)cc1. The fourth-order valence-corrected chi connectivity index (χ4v) is 5.39. The number of nitrogens with zero attached hydrogens (tertiary/aromatic N) is 1. The first kappa shape index (κ1) is 30.1. The van der Waals surface area contributed by atoms with Crippen LogP contribution in [-0.2, 0) is 14.9 Å². The third-order valence-electron chi connectivity index (χ3n) is 8.03.